The lowest BCUT2D eigenvalue weighted by Gasteiger charge is -2.28. The number of quaternary nitrogens is 1. The van der Waals surface area contributed by atoms with E-state index in [0.29, 0.717) is 24.1 Å². The second-order valence-electron chi connectivity index (χ2n) is 16.3. The number of carbonyl (C=O) groups excluding carboxylic acids is 1. The van der Waals surface area contributed by atoms with Gasteiger partial charge in [-0.1, -0.05) is 175 Å². The van der Waals surface area contributed by atoms with Crippen LogP contribution in [0.5, 0.6) is 0 Å². The molecule has 0 radical (unpaired) electrons. The summed E-state index contributed by atoms with van der Waals surface area (Å²) in [5.74, 6) is -0.369. The minimum atomic E-state index is -4.56. The monoisotopic (exact) mass is 870 g/mol. The maximum Gasteiger partial charge on any atom is 0.306 e. The Kier molecular flexibility index (Phi) is 41.8. The number of rotatable bonds is 42. The van der Waals surface area contributed by atoms with E-state index in [-0.39, 0.29) is 32.2 Å². The fourth-order valence-electron chi connectivity index (χ4n) is 5.78. The normalized spacial score (nSPS) is 14.7. The number of allylic oxidation sites excluding steroid dienone is 17. The van der Waals surface area contributed by atoms with E-state index >= 15 is 0 Å². The number of phosphoric acid groups is 1. The molecule has 0 aromatic heterocycles. The molecule has 0 amide bonds. The molecule has 0 bridgehead atoms. The Morgan fingerprint density at radius 2 is 0.902 bits per heavy atom. The quantitative estimate of drug-likeness (QED) is 0.0198. The molecule has 348 valence electrons. The lowest BCUT2D eigenvalue weighted by molar-refractivity contribution is -0.870. The van der Waals surface area contributed by atoms with Gasteiger partial charge < -0.3 is 27.9 Å². The highest BCUT2D eigenvalue weighted by atomic mass is 31.2. The highest BCUT2D eigenvalue weighted by Crippen LogP contribution is 2.38. The predicted molar refractivity (Wildman–Crippen MR) is 258 cm³/mol. The molecule has 0 aliphatic rings. The molecule has 0 fully saturated rings. The zero-order valence-corrected chi connectivity index (χ0v) is 40.2. The van der Waals surface area contributed by atoms with Gasteiger partial charge in [-0.05, 0) is 83.5 Å². The van der Waals surface area contributed by atoms with Crippen LogP contribution in [0.1, 0.15) is 155 Å². The van der Waals surface area contributed by atoms with Crippen LogP contribution in [-0.4, -0.2) is 70.7 Å². The molecule has 0 saturated heterocycles. The molecule has 61 heavy (non-hydrogen) atoms. The van der Waals surface area contributed by atoms with Crippen LogP contribution in [0, 0.1) is 0 Å². The van der Waals surface area contributed by atoms with Gasteiger partial charge in [-0.2, -0.15) is 0 Å². The summed E-state index contributed by atoms with van der Waals surface area (Å²) in [6, 6.07) is 0. The van der Waals surface area contributed by atoms with Gasteiger partial charge in [-0.3, -0.25) is 9.36 Å². The van der Waals surface area contributed by atoms with Crippen molar-refractivity contribution in [3.8, 4) is 0 Å². The Hall–Kier alpha value is -2.84. The summed E-state index contributed by atoms with van der Waals surface area (Å²) in [5, 5.41) is 0. The van der Waals surface area contributed by atoms with E-state index in [1.54, 1.807) is 0 Å². The molecule has 9 heteroatoms. The maximum absolute atomic E-state index is 12.7. The number of hydrogen-bond donors (Lipinski definition) is 0. The van der Waals surface area contributed by atoms with Crippen molar-refractivity contribution >= 4 is 13.8 Å². The number of unbranched alkanes of at least 4 members (excludes halogenated alkanes) is 10. The number of carbonyl (C=O) groups is 1. The molecule has 0 aromatic carbocycles. The Labute approximate surface area is 374 Å². The lowest BCUT2D eigenvalue weighted by Crippen LogP contribution is -2.37. The van der Waals surface area contributed by atoms with Crippen molar-refractivity contribution in [2.24, 2.45) is 0 Å². The van der Waals surface area contributed by atoms with Gasteiger partial charge in [0.25, 0.3) is 7.82 Å². The summed E-state index contributed by atoms with van der Waals surface area (Å²) >= 11 is 0. The van der Waals surface area contributed by atoms with Crippen molar-refractivity contribution < 1.29 is 37.3 Å². The molecule has 0 spiro atoms. The first-order valence-corrected chi connectivity index (χ1v) is 25.1. The van der Waals surface area contributed by atoms with Crippen LogP contribution in [0.4, 0.5) is 0 Å². The van der Waals surface area contributed by atoms with Crippen molar-refractivity contribution in [1.29, 1.82) is 0 Å². The number of esters is 1. The molecule has 0 heterocycles. The lowest BCUT2D eigenvalue weighted by atomic mass is 10.0. The highest BCUT2D eigenvalue weighted by Gasteiger charge is 2.20. The largest absolute Gasteiger partial charge is 0.756 e. The number of phosphoric ester groups is 1. The first kappa shape index (κ1) is 58.2. The Morgan fingerprint density at radius 3 is 1.34 bits per heavy atom. The molecule has 0 aromatic rings. The van der Waals surface area contributed by atoms with Gasteiger partial charge in [-0.15, -0.1) is 0 Å². The Morgan fingerprint density at radius 1 is 0.508 bits per heavy atom. The summed E-state index contributed by atoms with van der Waals surface area (Å²) in [5.41, 5.74) is 0. The summed E-state index contributed by atoms with van der Waals surface area (Å²) in [6.07, 6.45) is 61.3. The van der Waals surface area contributed by atoms with Gasteiger partial charge in [0.15, 0.2) is 0 Å². The van der Waals surface area contributed by atoms with E-state index < -0.39 is 13.9 Å². The van der Waals surface area contributed by atoms with Gasteiger partial charge >= 0.3 is 5.97 Å². The third-order valence-corrected chi connectivity index (χ3v) is 10.3. The average Bonchev–Trinajstić information content (AvgIpc) is 3.22. The summed E-state index contributed by atoms with van der Waals surface area (Å²) in [6.45, 7) is 4.92. The van der Waals surface area contributed by atoms with Crippen molar-refractivity contribution in [3.05, 3.63) is 109 Å². The molecular weight excluding hydrogens is 782 g/mol. The van der Waals surface area contributed by atoms with Gasteiger partial charge in [0.05, 0.1) is 41.0 Å². The highest BCUT2D eigenvalue weighted by molar-refractivity contribution is 7.45. The third-order valence-electron chi connectivity index (χ3n) is 9.34. The fraction of sp³-hybridized carbons (Fsp3) is 0.635. The van der Waals surface area contributed by atoms with E-state index in [1.807, 2.05) is 21.1 Å². The van der Waals surface area contributed by atoms with Crippen molar-refractivity contribution in [2.45, 2.75) is 161 Å². The average molecular weight is 870 g/mol. The Balaban J connectivity index is 4.29. The minimum absolute atomic E-state index is 0.00569. The number of nitrogens with zero attached hydrogens (tertiary/aromatic N) is 1. The molecule has 0 aliphatic carbocycles. The van der Waals surface area contributed by atoms with Crippen LogP contribution < -0.4 is 4.89 Å². The molecule has 0 saturated carbocycles. The van der Waals surface area contributed by atoms with Gasteiger partial charge in [0, 0.05) is 6.42 Å². The number of ether oxygens (including phenoxy) is 2. The number of likely N-dealkylation sites (N-methyl/N-ethyl adjacent to an activating group) is 1. The topological polar surface area (TPSA) is 94.1 Å². The van der Waals surface area contributed by atoms with E-state index in [4.69, 9.17) is 18.5 Å². The first-order chi connectivity index (χ1) is 29.6. The summed E-state index contributed by atoms with van der Waals surface area (Å²) < 4.78 is 34.5. The van der Waals surface area contributed by atoms with Gasteiger partial charge in [0.1, 0.15) is 19.3 Å². The molecule has 8 nitrogen and oxygen atoms in total. The summed E-state index contributed by atoms with van der Waals surface area (Å²) in [4.78, 5) is 25.1. The molecule has 2 unspecified atom stereocenters. The molecule has 2 atom stereocenters. The standard InChI is InChI=1S/C52H88NO7P/c1-6-8-10-12-14-16-18-20-22-24-25-26-27-28-29-30-31-33-35-37-39-41-43-45-52(54)60-51(50-59-61(55,56)58-48-46-53(3,4)5)49-57-47-44-42-40-38-36-34-32-23-21-19-17-15-13-11-9-7-2/h8-11,14-17,20-23,25-26,34,36,40,42,51H,6-7,12-13,18-19,24,27-33,35,37-39,41,43-50H2,1-5H3/b10-8-,11-9-,16-14-,17-15-,22-20-,23-21-,26-25-,36-34-,42-40-. The van der Waals surface area contributed by atoms with Crippen LogP contribution in [0.2, 0.25) is 0 Å². The van der Waals surface area contributed by atoms with Gasteiger partial charge in [0.2, 0.25) is 0 Å². The molecule has 0 N–H and O–H groups in total. The molecule has 0 rings (SSSR count). The number of hydrogen-bond acceptors (Lipinski definition) is 7. The zero-order valence-electron chi connectivity index (χ0n) is 39.3. The van der Waals surface area contributed by atoms with Crippen molar-refractivity contribution in [1.82, 2.24) is 0 Å². The molecule has 0 aliphatic heterocycles. The van der Waals surface area contributed by atoms with Crippen LogP contribution in [0.25, 0.3) is 0 Å². The molecular formula is C52H88NO7P. The predicted octanol–water partition coefficient (Wildman–Crippen LogP) is 13.8. The van der Waals surface area contributed by atoms with Crippen LogP contribution in [-0.2, 0) is 27.9 Å². The second-order valence-corrected chi connectivity index (χ2v) is 17.8. The third kappa shape index (κ3) is 48.1. The SMILES string of the molecule is CC/C=C\C/C=C\C/C=C\C/C=C\C/C=C\CCOCC(COP(=O)([O-])OCC[N+](C)(C)C)OC(=O)CCCCCCCCCCCC/C=C\C/C=C\C/C=C\C/C=C\CC. The van der Waals surface area contributed by atoms with Crippen molar-refractivity contribution in [2.75, 3.05) is 54.1 Å². The Bertz CT molecular complexity index is 1340. The minimum Gasteiger partial charge on any atom is -0.756 e. The zero-order chi connectivity index (χ0) is 44.8. The van der Waals surface area contributed by atoms with Crippen LogP contribution in [0.3, 0.4) is 0 Å². The van der Waals surface area contributed by atoms with Gasteiger partial charge in [-0.25, -0.2) is 0 Å². The van der Waals surface area contributed by atoms with E-state index in [0.717, 1.165) is 83.5 Å². The maximum atomic E-state index is 12.7. The van der Waals surface area contributed by atoms with Crippen LogP contribution >= 0.6 is 7.82 Å². The fourth-order valence-corrected chi connectivity index (χ4v) is 6.51. The van der Waals surface area contributed by atoms with Crippen LogP contribution in [0.15, 0.2) is 109 Å². The summed E-state index contributed by atoms with van der Waals surface area (Å²) in [7, 11) is 1.29. The first-order valence-electron chi connectivity index (χ1n) is 23.6. The second kappa shape index (κ2) is 43.8. The van der Waals surface area contributed by atoms with E-state index in [1.165, 1.54) is 44.9 Å². The smallest absolute Gasteiger partial charge is 0.306 e. The van der Waals surface area contributed by atoms with Crippen molar-refractivity contribution in [3.63, 3.8) is 0 Å². The van der Waals surface area contributed by atoms with E-state index in [2.05, 4.69) is 123 Å². The van der Waals surface area contributed by atoms with E-state index in [9.17, 15) is 14.3 Å².